The van der Waals surface area contributed by atoms with E-state index in [2.05, 4.69) is 102 Å². The van der Waals surface area contributed by atoms with Gasteiger partial charge < -0.3 is 4.57 Å². The van der Waals surface area contributed by atoms with Crippen molar-refractivity contribution in [3.8, 4) is 39.9 Å². The first-order valence-electron chi connectivity index (χ1n) is 13.8. The summed E-state index contributed by atoms with van der Waals surface area (Å²) in [5, 5.41) is 5.32. The predicted octanol–water partition coefficient (Wildman–Crippen LogP) is 9.78. The molecule has 6 aromatic carbocycles. The fourth-order valence-electron chi connectivity index (χ4n) is 5.68. The second kappa shape index (κ2) is 9.95. The van der Waals surface area contributed by atoms with E-state index in [0.717, 1.165) is 38.8 Å². The minimum absolute atomic E-state index is 0.578. The third-order valence-corrected chi connectivity index (χ3v) is 7.91. The summed E-state index contributed by atoms with van der Waals surface area (Å²) in [7, 11) is 0. The van der Waals surface area contributed by atoms with Crippen LogP contribution in [0.2, 0.25) is 5.02 Å². The number of benzene rings is 6. The molecule has 0 aliphatic carbocycles. The van der Waals surface area contributed by atoms with E-state index in [0.29, 0.717) is 22.5 Å². The van der Waals surface area contributed by atoms with Gasteiger partial charge >= 0.3 is 0 Å². The molecule has 2 aromatic heterocycles. The largest absolute Gasteiger partial charge is 0.309 e. The highest BCUT2D eigenvalue weighted by atomic mass is 35.5. The number of hydrogen-bond acceptors (Lipinski definition) is 3. The molecule has 5 heteroatoms. The van der Waals surface area contributed by atoms with E-state index in [4.69, 9.17) is 26.6 Å². The van der Waals surface area contributed by atoms with Crippen LogP contribution in [0.15, 0.2) is 140 Å². The van der Waals surface area contributed by atoms with Crippen LogP contribution >= 0.6 is 11.6 Å². The molecule has 8 rings (SSSR count). The normalized spacial score (nSPS) is 11.5. The van der Waals surface area contributed by atoms with Gasteiger partial charge in [-0.05, 0) is 53.2 Å². The van der Waals surface area contributed by atoms with Crippen LogP contribution < -0.4 is 0 Å². The van der Waals surface area contributed by atoms with Crippen molar-refractivity contribution >= 4 is 44.2 Å². The van der Waals surface area contributed by atoms with Crippen LogP contribution in [0.1, 0.15) is 0 Å². The van der Waals surface area contributed by atoms with Crippen molar-refractivity contribution in [2.24, 2.45) is 0 Å². The van der Waals surface area contributed by atoms with Gasteiger partial charge in [-0.1, -0.05) is 109 Å². The fraction of sp³-hybridized carbons (Fsp3) is 0. The Kier molecular flexibility index (Phi) is 5.80. The third kappa shape index (κ3) is 4.21. The van der Waals surface area contributed by atoms with Crippen molar-refractivity contribution in [3.05, 3.63) is 145 Å². The number of rotatable bonds is 4. The molecule has 2 heterocycles. The highest BCUT2D eigenvalue weighted by Gasteiger charge is 2.16. The number of hydrogen-bond donors (Lipinski definition) is 0. The van der Waals surface area contributed by atoms with E-state index in [1.807, 2.05) is 42.5 Å². The monoisotopic (exact) mass is 558 g/mol. The Morgan fingerprint density at radius 3 is 1.83 bits per heavy atom. The quantitative estimate of drug-likeness (QED) is 0.216. The average Bonchev–Trinajstić information content (AvgIpc) is 3.38. The van der Waals surface area contributed by atoms with Crippen LogP contribution in [0.25, 0.3) is 72.4 Å². The Balaban J connectivity index is 1.37. The summed E-state index contributed by atoms with van der Waals surface area (Å²) in [6.45, 7) is 0. The van der Waals surface area contributed by atoms with Crippen LogP contribution in [0.5, 0.6) is 0 Å². The summed E-state index contributed by atoms with van der Waals surface area (Å²) >= 11 is 6.38. The van der Waals surface area contributed by atoms with E-state index in [9.17, 15) is 0 Å². The molecule has 42 heavy (non-hydrogen) atoms. The van der Waals surface area contributed by atoms with Crippen molar-refractivity contribution in [3.63, 3.8) is 0 Å². The molecule has 0 bridgehead atoms. The summed E-state index contributed by atoms with van der Waals surface area (Å²) < 4.78 is 2.30. The first-order valence-corrected chi connectivity index (χ1v) is 14.2. The van der Waals surface area contributed by atoms with Gasteiger partial charge in [0.1, 0.15) is 0 Å². The zero-order chi connectivity index (χ0) is 28.0. The number of nitrogens with zero attached hydrogens (tertiary/aromatic N) is 4. The molecular weight excluding hydrogens is 536 g/mol. The zero-order valence-electron chi connectivity index (χ0n) is 22.4. The van der Waals surface area contributed by atoms with Crippen LogP contribution in [0.4, 0.5) is 0 Å². The van der Waals surface area contributed by atoms with Crippen molar-refractivity contribution in [1.29, 1.82) is 0 Å². The lowest BCUT2D eigenvalue weighted by Gasteiger charge is -2.11. The number of para-hydroxylation sites is 2. The zero-order valence-corrected chi connectivity index (χ0v) is 23.2. The van der Waals surface area contributed by atoms with Crippen LogP contribution in [-0.2, 0) is 0 Å². The van der Waals surface area contributed by atoms with Gasteiger partial charge in [-0.2, -0.15) is 0 Å². The van der Waals surface area contributed by atoms with Gasteiger partial charge in [-0.15, -0.1) is 0 Å². The first-order chi connectivity index (χ1) is 20.7. The highest BCUT2D eigenvalue weighted by Crippen LogP contribution is 2.35. The van der Waals surface area contributed by atoms with Crippen LogP contribution in [0, 0.1) is 0 Å². The van der Waals surface area contributed by atoms with E-state index < -0.39 is 0 Å². The van der Waals surface area contributed by atoms with Crippen molar-refractivity contribution < 1.29 is 0 Å². The van der Waals surface area contributed by atoms with Gasteiger partial charge in [-0.25, -0.2) is 15.0 Å². The van der Waals surface area contributed by atoms with Gasteiger partial charge in [0, 0.05) is 38.2 Å². The summed E-state index contributed by atoms with van der Waals surface area (Å²) in [5.41, 5.74) is 6.04. The van der Waals surface area contributed by atoms with Gasteiger partial charge in [0.25, 0.3) is 0 Å². The lowest BCUT2D eigenvalue weighted by atomic mass is 10.1. The molecule has 0 saturated carbocycles. The van der Waals surface area contributed by atoms with E-state index >= 15 is 0 Å². The smallest absolute Gasteiger partial charge is 0.164 e. The van der Waals surface area contributed by atoms with Gasteiger partial charge in [0.2, 0.25) is 0 Å². The van der Waals surface area contributed by atoms with Crippen molar-refractivity contribution in [2.45, 2.75) is 0 Å². The standard InChI is InChI=1S/C37H23ClN4/c38-29-12-8-11-26(22-29)35-39-36(27-18-17-24-9-4-5-10-25(24)21-27)41-37(40-35)28-19-20-32-31-15-6-7-16-33(31)42(34(32)23-28)30-13-2-1-3-14-30/h1-23H. The van der Waals surface area contributed by atoms with Gasteiger partial charge in [0.05, 0.1) is 11.0 Å². The minimum Gasteiger partial charge on any atom is -0.309 e. The molecule has 0 N–H and O–H groups in total. The van der Waals surface area contributed by atoms with Crippen LogP contribution in [0.3, 0.4) is 0 Å². The Morgan fingerprint density at radius 2 is 1.05 bits per heavy atom. The summed E-state index contributed by atoms with van der Waals surface area (Å²) in [5.74, 6) is 1.80. The number of aromatic nitrogens is 4. The SMILES string of the molecule is Clc1cccc(-c2nc(-c3ccc4ccccc4c3)nc(-c3ccc4c5ccccc5n(-c5ccccc5)c4c3)n2)c1. The average molecular weight is 559 g/mol. The van der Waals surface area contributed by atoms with Gasteiger partial charge in [0.15, 0.2) is 17.5 Å². The molecule has 198 valence electrons. The predicted molar refractivity (Wildman–Crippen MR) is 173 cm³/mol. The Hall–Kier alpha value is -5.32. The topological polar surface area (TPSA) is 43.6 Å². The van der Waals surface area contributed by atoms with Crippen molar-refractivity contribution in [1.82, 2.24) is 19.5 Å². The molecule has 0 radical (unpaired) electrons. The maximum atomic E-state index is 6.38. The lowest BCUT2D eigenvalue weighted by molar-refractivity contribution is 1.07. The van der Waals surface area contributed by atoms with E-state index in [-0.39, 0.29) is 0 Å². The highest BCUT2D eigenvalue weighted by molar-refractivity contribution is 6.30. The Morgan fingerprint density at radius 1 is 0.429 bits per heavy atom. The second-order valence-corrected chi connectivity index (χ2v) is 10.7. The Labute approximate surface area is 247 Å². The number of fused-ring (bicyclic) bond motifs is 4. The van der Waals surface area contributed by atoms with Gasteiger partial charge in [-0.3, -0.25) is 0 Å². The van der Waals surface area contributed by atoms with E-state index in [1.54, 1.807) is 0 Å². The van der Waals surface area contributed by atoms with E-state index in [1.165, 1.54) is 16.2 Å². The summed E-state index contributed by atoms with van der Waals surface area (Å²) in [4.78, 5) is 14.9. The molecule has 0 aliphatic heterocycles. The van der Waals surface area contributed by atoms with Crippen molar-refractivity contribution in [2.75, 3.05) is 0 Å². The molecular formula is C37H23ClN4. The minimum atomic E-state index is 0.578. The molecule has 8 aromatic rings. The maximum Gasteiger partial charge on any atom is 0.164 e. The lowest BCUT2D eigenvalue weighted by Crippen LogP contribution is -2.00. The summed E-state index contributed by atoms with van der Waals surface area (Å²) in [6.07, 6.45) is 0. The Bertz CT molecular complexity index is 2270. The second-order valence-electron chi connectivity index (χ2n) is 10.3. The molecule has 0 fully saturated rings. The molecule has 0 aliphatic rings. The molecule has 0 saturated heterocycles. The third-order valence-electron chi connectivity index (χ3n) is 7.67. The first kappa shape index (κ1) is 24.5. The molecule has 0 atom stereocenters. The molecule has 0 spiro atoms. The molecule has 0 amide bonds. The number of halogens is 1. The van der Waals surface area contributed by atoms with Crippen LogP contribution in [-0.4, -0.2) is 19.5 Å². The maximum absolute atomic E-state index is 6.38. The molecule has 4 nitrogen and oxygen atoms in total. The molecule has 0 unspecified atom stereocenters. The fourth-order valence-corrected chi connectivity index (χ4v) is 5.87. The summed E-state index contributed by atoms with van der Waals surface area (Å²) in [6, 6.07) is 47.7.